The normalized spacial score (nSPS) is 11.1. The summed E-state index contributed by atoms with van der Waals surface area (Å²) in [6.45, 7) is 2.76. The molecule has 0 fully saturated rings. The highest BCUT2D eigenvalue weighted by Crippen LogP contribution is 2.26. The molecule has 3 rings (SSSR count). The van der Waals surface area contributed by atoms with Gasteiger partial charge in [-0.3, -0.25) is 0 Å². The van der Waals surface area contributed by atoms with Crippen molar-refractivity contribution in [3.05, 3.63) is 36.4 Å². The number of aryl methyl sites for hydroxylation is 1. The monoisotopic (exact) mass is 271 g/mol. The molecule has 20 heavy (non-hydrogen) atoms. The third kappa shape index (κ3) is 1.99. The quantitative estimate of drug-likeness (QED) is 0.795. The van der Waals surface area contributed by atoms with Crippen LogP contribution in [-0.4, -0.2) is 19.5 Å². The maximum atomic E-state index is 13.5. The number of nitrogens with two attached hydrogens (primary N) is 1. The van der Waals surface area contributed by atoms with E-state index < -0.39 is 0 Å². The third-order valence-electron chi connectivity index (χ3n) is 3.10. The summed E-state index contributed by atoms with van der Waals surface area (Å²) in [5, 5.41) is 0. The summed E-state index contributed by atoms with van der Waals surface area (Å²) in [5.41, 5.74) is 7.86. The van der Waals surface area contributed by atoms with Gasteiger partial charge in [-0.15, -0.1) is 0 Å². The van der Waals surface area contributed by atoms with Crippen molar-refractivity contribution in [2.45, 2.75) is 19.9 Å². The third-order valence-corrected chi connectivity index (χ3v) is 3.10. The summed E-state index contributed by atoms with van der Waals surface area (Å²) in [7, 11) is 0. The highest BCUT2D eigenvalue weighted by molar-refractivity contribution is 5.81. The van der Waals surface area contributed by atoms with E-state index in [0.29, 0.717) is 23.9 Å². The second-order valence-corrected chi connectivity index (χ2v) is 4.51. The first-order valence-corrected chi connectivity index (χ1v) is 6.43. The molecule has 0 atom stereocenters. The highest BCUT2D eigenvalue weighted by atomic mass is 19.1. The van der Waals surface area contributed by atoms with Crippen LogP contribution in [0.2, 0.25) is 0 Å². The lowest BCUT2D eigenvalue weighted by Gasteiger charge is -2.08. The van der Waals surface area contributed by atoms with Crippen molar-refractivity contribution in [1.82, 2.24) is 19.5 Å². The number of fused-ring (bicyclic) bond motifs is 1. The number of aromatic nitrogens is 4. The smallest absolute Gasteiger partial charge is 0.163 e. The first-order valence-electron chi connectivity index (χ1n) is 6.43. The molecule has 2 aromatic heterocycles. The van der Waals surface area contributed by atoms with Crippen molar-refractivity contribution in [1.29, 1.82) is 0 Å². The fourth-order valence-corrected chi connectivity index (χ4v) is 2.25. The van der Waals surface area contributed by atoms with E-state index in [-0.39, 0.29) is 5.82 Å². The Bertz CT molecular complexity index is 765. The first-order chi connectivity index (χ1) is 9.70. The summed E-state index contributed by atoms with van der Waals surface area (Å²) < 4.78 is 15.4. The largest absolute Gasteiger partial charge is 0.382 e. The molecule has 5 nitrogen and oxygen atoms in total. The molecule has 0 spiro atoms. The minimum absolute atomic E-state index is 0.284. The molecular weight excluding hydrogens is 257 g/mol. The van der Waals surface area contributed by atoms with E-state index in [1.807, 2.05) is 4.57 Å². The number of rotatable bonds is 3. The van der Waals surface area contributed by atoms with Gasteiger partial charge in [-0.25, -0.2) is 19.3 Å². The number of halogens is 1. The van der Waals surface area contributed by atoms with Crippen molar-refractivity contribution in [2.24, 2.45) is 0 Å². The molecule has 0 unspecified atom stereocenters. The van der Waals surface area contributed by atoms with Crippen molar-refractivity contribution in [3.8, 4) is 11.5 Å². The Hall–Kier alpha value is -2.50. The molecule has 1 aromatic carbocycles. The van der Waals surface area contributed by atoms with Gasteiger partial charge in [0.2, 0.25) is 0 Å². The molecule has 0 saturated heterocycles. The molecule has 0 bridgehead atoms. The number of hydrogen-bond acceptors (Lipinski definition) is 4. The first kappa shape index (κ1) is 12.5. The average molecular weight is 271 g/mol. The van der Waals surface area contributed by atoms with Crippen LogP contribution >= 0.6 is 0 Å². The van der Waals surface area contributed by atoms with E-state index >= 15 is 0 Å². The number of benzene rings is 1. The molecule has 0 amide bonds. The summed E-state index contributed by atoms with van der Waals surface area (Å²) in [6, 6.07) is 4.54. The van der Waals surface area contributed by atoms with Crippen LogP contribution in [0.3, 0.4) is 0 Å². The van der Waals surface area contributed by atoms with E-state index in [4.69, 9.17) is 5.73 Å². The SMILES string of the molecule is CCCn1c(-c2nccnc2N)nc2ccc(F)cc21. The number of imidazole rings is 1. The highest BCUT2D eigenvalue weighted by Gasteiger charge is 2.16. The second-order valence-electron chi connectivity index (χ2n) is 4.51. The van der Waals surface area contributed by atoms with Crippen LogP contribution in [0.1, 0.15) is 13.3 Å². The van der Waals surface area contributed by atoms with Gasteiger partial charge < -0.3 is 10.3 Å². The maximum absolute atomic E-state index is 13.5. The van der Waals surface area contributed by atoms with Gasteiger partial charge in [-0.2, -0.15) is 0 Å². The van der Waals surface area contributed by atoms with Crippen LogP contribution in [0.25, 0.3) is 22.6 Å². The Morgan fingerprint density at radius 2 is 2.05 bits per heavy atom. The van der Waals surface area contributed by atoms with Crippen molar-refractivity contribution >= 4 is 16.9 Å². The summed E-state index contributed by atoms with van der Waals surface area (Å²) in [4.78, 5) is 12.8. The molecule has 0 radical (unpaired) electrons. The van der Waals surface area contributed by atoms with Crippen LogP contribution in [0.5, 0.6) is 0 Å². The van der Waals surface area contributed by atoms with Gasteiger partial charge in [0.1, 0.15) is 11.5 Å². The molecule has 0 aliphatic carbocycles. The van der Waals surface area contributed by atoms with E-state index in [2.05, 4.69) is 21.9 Å². The molecule has 0 aliphatic rings. The van der Waals surface area contributed by atoms with Gasteiger partial charge in [0.25, 0.3) is 0 Å². The summed E-state index contributed by atoms with van der Waals surface area (Å²) >= 11 is 0. The number of nitrogen functional groups attached to an aromatic ring is 1. The van der Waals surface area contributed by atoms with E-state index in [1.165, 1.54) is 18.3 Å². The zero-order valence-corrected chi connectivity index (χ0v) is 11.0. The van der Waals surface area contributed by atoms with Crippen molar-refractivity contribution < 1.29 is 4.39 Å². The van der Waals surface area contributed by atoms with Gasteiger partial charge in [0, 0.05) is 18.9 Å². The zero-order chi connectivity index (χ0) is 14.1. The second kappa shape index (κ2) is 4.88. The lowest BCUT2D eigenvalue weighted by molar-refractivity contribution is 0.627. The molecule has 102 valence electrons. The number of nitrogens with zero attached hydrogens (tertiary/aromatic N) is 4. The number of hydrogen-bond donors (Lipinski definition) is 1. The Morgan fingerprint density at radius 1 is 1.25 bits per heavy atom. The standard InChI is InChI=1S/C14H14FN5/c1-2-7-20-11-8-9(15)3-4-10(11)19-14(20)12-13(16)18-6-5-17-12/h3-6,8H,2,7H2,1H3,(H2,16,18). The van der Waals surface area contributed by atoms with Gasteiger partial charge >= 0.3 is 0 Å². The van der Waals surface area contributed by atoms with Crippen LogP contribution in [-0.2, 0) is 6.54 Å². The summed E-state index contributed by atoms with van der Waals surface area (Å²) in [5.74, 6) is 0.659. The van der Waals surface area contributed by atoms with Crippen molar-refractivity contribution in [3.63, 3.8) is 0 Å². The van der Waals surface area contributed by atoms with Crippen LogP contribution in [0.15, 0.2) is 30.6 Å². The molecule has 6 heteroatoms. The minimum Gasteiger partial charge on any atom is -0.382 e. The van der Waals surface area contributed by atoms with Gasteiger partial charge in [-0.05, 0) is 24.6 Å². The molecule has 2 N–H and O–H groups in total. The maximum Gasteiger partial charge on any atom is 0.163 e. The topological polar surface area (TPSA) is 69.6 Å². The Labute approximate surface area is 115 Å². The Morgan fingerprint density at radius 3 is 2.80 bits per heavy atom. The van der Waals surface area contributed by atoms with Gasteiger partial charge in [0.15, 0.2) is 11.6 Å². The lowest BCUT2D eigenvalue weighted by Crippen LogP contribution is -2.04. The van der Waals surface area contributed by atoms with Crippen LogP contribution in [0, 0.1) is 5.82 Å². The van der Waals surface area contributed by atoms with Gasteiger partial charge in [-0.1, -0.05) is 6.92 Å². The Kier molecular flexibility index (Phi) is 3.06. The molecule has 0 saturated carbocycles. The van der Waals surface area contributed by atoms with Gasteiger partial charge in [0.05, 0.1) is 11.0 Å². The molecule has 2 heterocycles. The van der Waals surface area contributed by atoms with E-state index in [0.717, 1.165) is 17.5 Å². The van der Waals surface area contributed by atoms with Crippen LogP contribution in [0.4, 0.5) is 10.2 Å². The molecular formula is C14H14FN5. The predicted octanol–water partition coefficient (Wildman–Crippen LogP) is 2.62. The predicted molar refractivity (Wildman–Crippen MR) is 75.4 cm³/mol. The average Bonchev–Trinajstić information content (AvgIpc) is 2.78. The van der Waals surface area contributed by atoms with Crippen LogP contribution < -0.4 is 5.73 Å². The zero-order valence-electron chi connectivity index (χ0n) is 11.0. The Balaban J connectivity index is 2.30. The fourth-order valence-electron chi connectivity index (χ4n) is 2.25. The molecule has 0 aliphatic heterocycles. The molecule has 3 aromatic rings. The van der Waals surface area contributed by atoms with E-state index in [9.17, 15) is 4.39 Å². The fraction of sp³-hybridized carbons (Fsp3) is 0.214. The summed E-state index contributed by atoms with van der Waals surface area (Å²) in [6.07, 6.45) is 4.00. The van der Waals surface area contributed by atoms with Crippen molar-refractivity contribution in [2.75, 3.05) is 5.73 Å². The van der Waals surface area contributed by atoms with E-state index in [1.54, 1.807) is 12.3 Å². The lowest BCUT2D eigenvalue weighted by atomic mass is 10.3. The minimum atomic E-state index is -0.284. The number of anilines is 1.